The molecule has 0 aliphatic rings. The first-order valence-corrected chi connectivity index (χ1v) is 5.63. The van der Waals surface area contributed by atoms with Gasteiger partial charge in [-0.1, -0.05) is 47.6 Å². The van der Waals surface area contributed by atoms with Gasteiger partial charge in [-0.25, -0.2) is 0 Å². The number of hydrogen-bond donors (Lipinski definition) is 1. The molecule has 104 valence electrons. The summed E-state index contributed by atoms with van der Waals surface area (Å²) in [5.41, 5.74) is 1.22. The van der Waals surface area contributed by atoms with E-state index in [0.717, 1.165) is 6.21 Å². The Kier molecular flexibility index (Phi) is 3.93. The first-order valence-electron chi connectivity index (χ1n) is 5.63. The molecule has 0 aliphatic carbocycles. The van der Waals surface area contributed by atoms with Crippen molar-refractivity contribution < 1.29 is 23.1 Å². The highest BCUT2D eigenvalue weighted by Crippen LogP contribution is 2.34. The van der Waals surface area contributed by atoms with E-state index < -0.39 is 6.36 Å². The third-order valence-corrected chi connectivity index (χ3v) is 2.56. The molecule has 0 aliphatic heterocycles. The van der Waals surface area contributed by atoms with Gasteiger partial charge in [0.05, 0.1) is 6.21 Å². The molecule has 0 amide bonds. The molecule has 0 heterocycles. The van der Waals surface area contributed by atoms with Crippen LogP contribution in [0.25, 0.3) is 11.1 Å². The van der Waals surface area contributed by atoms with Gasteiger partial charge in [0.15, 0.2) is 0 Å². The number of para-hydroxylation sites is 1. The molecule has 0 saturated carbocycles. The third-order valence-electron chi connectivity index (χ3n) is 2.56. The van der Waals surface area contributed by atoms with Crippen molar-refractivity contribution in [3.8, 4) is 16.9 Å². The van der Waals surface area contributed by atoms with Gasteiger partial charge in [0.2, 0.25) is 0 Å². The number of hydrogen-bond acceptors (Lipinski definition) is 3. The number of rotatable bonds is 3. The maximum atomic E-state index is 12.4. The highest BCUT2D eigenvalue weighted by molar-refractivity contribution is 5.91. The SMILES string of the molecule is O/N=C\c1ccccc1-c1ccccc1OC(F)(F)F. The standard InChI is InChI=1S/C14H10F3NO2/c15-14(16,17)20-13-8-4-3-7-12(13)11-6-2-1-5-10(11)9-18-19/h1-9,19H/b18-9-. The molecule has 0 atom stereocenters. The Labute approximate surface area is 112 Å². The van der Waals surface area contributed by atoms with Crippen molar-refractivity contribution in [3.63, 3.8) is 0 Å². The van der Waals surface area contributed by atoms with Crippen molar-refractivity contribution in [2.75, 3.05) is 0 Å². The molecular formula is C14H10F3NO2. The van der Waals surface area contributed by atoms with Crippen LogP contribution in [0.1, 0.15) is 5.56 Å². The maximum Gasteiger partial charge on any atom is 0.573 e. The molecule has 0 aromatic heterocycles. The van der Waals surface area contributed by atoms with Crippen LogP contribution in [0.4, 0.5) is 13.2 Å². The van der Waals surface area contributed by atoms with Crippen molar-refractivity contribution >= 4 is 6.21 Å². The Hall–Kier alpha value is -2.50. The van der Waals surface area contributed by atoms with E-state index in [1.54, 1.807) is 30.3 Å². The summed E-state index contributed by atoms with van der Waals surface area (Å²) < 4.78 is 41.2. The number of benzene rings is 2. The van der Waals surface area contributed by atoms with E-state index in [0.29, 0.717) is 11.1 Å². The highest BCUT2D eigenvalue weighted by atomic mass is 19.4. The van der Waals surface area contributed by atoms with E-state index in [1.165, 1.54) is 18.2 Å². The normalized spacial score (nSPS) is 11.8. The van der Waals surface area contributed by atoms with Crippen molar-refractivity contribution in [2.24, 2.45) is 5.16 Å². The lowest BCUT2D eigenvalue weighted by atomic mass is 9.99. The van der Waals surface area contributed by atoms with Gasteiger partial charge in [0.25, 0.3) is 0 Å². The van der Waals surface area contributed by atoms with Crippen LogP contribution < -0.4 is 4.74 Å². The Morgan fingerprint density at radius 1 is 0.950 bits per heavy atom. The zero-order valence-corrected chi connectivity index (χ0v) is 10.1. The van der Waals surface area contributed by atoms with E-state index in [1.807, 2.05) is 0 Å². The Morgan fingerprint density at radius 2 is 1.55 bits per heavy atom. The number of oxime groups is 1. The molecule has 20 heavy (non-hydrogen) atoms. The van der Waals surface area contributed by atoms with Crippen molar-refractivity contribution in [2.45, 2.75) is 6.36 Å². The average Bonchev–Trinajstić information content (AvgIpc) is 2.39. The van der Waals surface area contributed by atoms with Gasteiger partial charge in [0, 0.05) is 11.1 Å². The predicted octanol–water partition coefficient (Wildman–Crippen LogP) is 4.06. The number of halogens is 3. The quantitative estimate of drug-likeness (QED) is 0.523. The van der Waals surface area contributed by atoms with Crippen molar-refractivity contribution in [3.05, 3.63) is 54.1 Å². The van der Waals surface area contributed by atoms with Gasteiger partial charge < -0.3 is 9.94 Å². The Bertz CT molecular complexity index is 624. The predicted molar refractivity (Wildman–Crippen MR) is 67.9 cm³/mol. The summed E-state index contributed by atoms with van der Waals surface area (Å²) in [5.74, 6) is -0.307. The molecular weight excluding hydrogens is 271 g/mol. The van der Waals surface area contributed by atoms with E-state index >= 15 is 0 Å². The Morgan fingerprint density at radius 3 is 2.20 bits per heavy atom. The first-order chi connectivity index (χ1) is 9.51. The molecule has 0 bridgehead atoms. The van der Waals surface area contributed by atoms with Crippen molar-refractivity contribution in [1.29, 1.82) is 0 Å². The van der Waals surface area contributed by atoms with Gasteiger partial charge in [-0.2, -0.15) is 0 Å². The number of ether oxygens (including phenoxy) is 1. The molecule has 0 fully saturated rings. The lowest BCUT2D eigenvalue weighted by molar-refractivity contribution is -0.274. The topological polar surface area (TPSA) is 41.8 Å². The van der Waals surface area contributed by atoms with E-state index in [4.69, 9.17) is 5.21 Å². The van der Waals surface area contributed by atoms with Gasteiger partial charge in [-0.05, 0) is 11.6 Å². The lowest BCUT2D eigenvalue weighted by Crippen LogP contribution is -2.17. The van der Waals surface area contributed by atoms with Crippen LogP contribution in [-0.4, -0.2) is 17.8 Å². The Balaban J connectivity index is 2.53. The molecule has 0 radical (unpaired) electrons. The van der Waals surface area contributed by atoms with Crippen LogP contribution in [0.5, 0.6) is 5.75 Å². The highest BCUT2D eigenvalue weighted by Gasteiger charge is 2.32. The smallest absolute Gasteiger partial charge is 0.411 e. The second kappa shape index (κ2) is 5.64. The summed E-state index contributed by atoms with van der Waals surface area (Å²) in [7, 11) is 0. The fraction of sp³-hybridized carbons (Fsp3) is 0.0714. The van der Waals surface area contributed by atoms with Gasteiger partial charge in [-0.15, -0.1) is 13.2 Å². The molecule has 1 N–H and O–H groups in total. The largest absolute Gasteiger partial charge is 0.573 e. The summed E-state index contributed by atoms with van der Waals surface area (Å²) in [6, 6.07) is 12.4. The number of alkyl halides is 3. The molecule has 0 unspecified atom stereocenters. The molecule has 2 aromatic carbocycles. The fourth-order valence-electron chi connectivity index (χ4n) is 1.82. The molecule has 3 nitrogen and oxygen atoms in total. The fourth-order valence-corrected chi connectivity index (χ4v) is 1.82. The second-order valence-electron chi connectivity index (χ2n) is 3.88. The second-order valence-corrected chi connectivity index (χ2v) is 3.88. The summed E-state index contributed by atoms with van der Waals surface area (Å²) >= 11 is 0. The summed E-state index contributed by atoms with van der Waals surface area (Å²) in [5, 5.41) is 11.5. The average molecular weight is 281 g/mol. The van der Waals surface area contributed by atoms with Crippen LogP contribution in [0.2, 0.25) is 0 Å². The zero-order valence-electron chi connectivity index (χ0n) is 10.1. The molecule has 0 spiro atoms. The van der Waals surface area contributed by atoms with Crippen molar-refractivity contribution in [1.82, 2.24) is 0 Å². The summed E-state index contributed by atoms with van der Waals surface area (Å²) in [6.45, 7) is 0. The minimum absolute atomic E-state index is 0.264. The molecule has 2 aromatic rings. The van der Waals surface area contributed by atoms with Crippen LogP contribution >= 0.6 is 0 Å². The third kappa shape index (κ3) is 3.28. The maximum absolute atomic E-state index is 12.4. The van der Waals surface area contributed by atoms with E-state index in [2.05, 4.69) is 9.89 Å². The minimum Gasteiger partial charge on any atom is -0.411 e. The molecule has 2 rings (SSSR count). The molecule has 6 heteroatoms. The van der Waals surface area contributed by atoms with Gasteiger partial charge >= 0.3 is 6.36 Å². The van der Waals surface area contributed by atoms with Gasteiger partial charge in [-0.3, -0.25) is 0 Å². The van der Waals surface area contributed by atoms with Crippen LogP contribution in [0.3, 0.4) is 0 Å². The van der Waals surface area contributed by atoms with E-state index in [-0.39, 0.29) is 11.3 Å². The minimum atomic E-state index is -4.77. The first kappa shape index (κ1) is 13.9. The summed E-state index contributed by atoms with van der Waals surface area (Å²) in [6.07, 6.45) is -3.62. The molecule has 0 saturated heterocycles. The number of nitrogens with zero attached hydrogens (tertiary/aromatic N) is 1. The monoisotopic (exact) mass is 281 g/mol. The lowest BCUT2D eigenvalue weighted by Gasteiger charge is -2.14. The van der Waals surface area contributed by atoms with Crippen LogP contribution in [0, 0.1) is 0 Å². The van der Waals surface area contributed by atoms with Crippen LogP contribution in [0.15, 0.2) is 53.7 Å². The van der Waals surface area contributed by atoms with Crippen LogP contribution in [-0.2, 0) is 0 Å². The summed E-state index contributed by atoms with van der Waals surface area (Å²) in [4.78, 5) is 0. The van der Waals surface area contributed by atoms with E-state index in [9.17, 15) is 13.2 Å². The van der Waals surface area contributed by atoms with Gasteiger partial charge in [0.1, 0.15) is 5.75 Å². The zero-order chi connectivity index (χ0) is 14.6.